The average Bonchev–Trinajstić information content (AvgIpc) is 3.22. The third-order valence-electron chi connectivity index (χ3n) is 3.99. The molecule has 0 aliphatic heterocycles. The van der Waals surface area contributed by atoms with Crippen LogP contribution in [0.5, 0.6) is 0 Å². The van der Waals surface area contributed by atoms with Gasteiger partial charge in [0.1, 0.15) is 5.76 Å². The van der Waals surface area contributed by atoms with Crippen molar-refractivity contribution in [2.75, 3.05) is 0 Å². The standard InChI is InChI=1S/C21H20N2O3/c24-19(17-6-2-1-3-7-17)8-4-10-21(25)23-14-16-12-18(15-22-13-16)20-9-5-11-26-20/h1-3,5-7,9,11-13,15H,4,8,10,14H2,(H,23,25). The summed E-state index contributed by atoms with van der Waals surface area (Å²) >= 11 is 0. The molecule has 1 aromatic carbocycles. The maximum absolute atomic E-state index is 12.0. The molecule has 0 saturated carbocycles. The van der Waals surface area contributed by atoms with Gasteiger partial charge in [-0.05, 0) is 30.2 Å². The summed E-state index contributed by atoms with van der Waals surface area (Å²) in [6, 6.07) is 14.8. The number of rotatable bonds is 8. The van der Waals surface area contributed by atoms with E-state index >= 15 is 0 Å². The first-order valence-corrected chi connectivity index (χ1v) is 8.55. The Morgan fingerprint density at radius 2 is 1.85 bits per heavy atom. The van der Waals surface area contributed by atoms with Crippen molar-refractivity contribution in [2.45, 2.75) is 25.8 Å². The monoisotopic (exact) mass is 348 g/mol. The SMILES string of the molecule is O=C(CCCC(=O)c1ccccc1)NCc1cncc(-c2ccco2)c1. The molecule has 0 unspecified atom stereocenters. The molecule has 0 radical (unpaired) electrons. The Bertz CT molecular complexity index is 858. The summed E-state index contributed by atoms with van der Waals surface area (Å²) in [5.41, 5.74) is 2.46. The van der Waals surface area contributed by atoms with Crippen LogP contribution >= 0.6 is 0 Å². The third-order valence-corrected chi connectivity index (χ3v) is 3.99. The van der Waals surface area contributed by atoms with E-state index in [1.54, 1.807) is 30.8 Å². The zero-order valence-corrected chi connectivity index (χ0v) is 14.4. The van der Waals surface area contributed by atoms with Gasteiger partial charge in [0.05, 0.1) is 6.26 Å². The molecular weight excluding hydrogens is 328 g/mol. The number of ketones is 1. The lowest BCUT2D eigenvalue weighted by atomic mass is 10.1. The van der Waals surface area contributed by atoms with E-state index in [1.807, 2.05) is 36.4 Å². The number of amides is 1. The fourth-order valence-corrected chi connectivity index (χ4v) is 2.63. The van der Waals surface area contributed by atoms with Gasteiger partial charge in [0.25, 0.3) is 0 Å². The number of carbonyl (C=O) groups is 2. The molecule has 0 bridgehead atoms. The smallest absolute Gasteiger partial charge is 0.220 e. The first kappa shape index (κ1) is 17.6. The fourth-order valence-electron chi connectivity index (χ4n) is 2.63. The van der Waals surface area contributed by atoms with Crippen LogP contribution in [0.15, 0.2) is 71.6 Å². The molecule has 2 aromatic heterocycles. The van der Waals surface area contributed by atoms with E-state index in [0.29, 0.717) is 31.4 Å². The quantitative estimate of drug-likeness (QED) is 0.624. The predicted octanol–water partition coefficient (Wildman–Crippen LogP) is 4.01. The van der Waals surface area contributed by atoms with E-state index in [9.17, 15) is 9.59 Å². The molecule has 5 nitrogen and oxygen atoms in total. The van der Waals surface area contributed by atoms with Gasteiger partial charge in [0, 0.05) is 42.9 Å². The van der Waals surface area contributed by atoms with Crippen LogP contribution in [0.3, 0.4) is 0 Å². The lowest BCUT2D eigenvalue weighted by Crippen LogP contribution is -2.22. The molecule has 0 aliphatic rings. The van der Waals surface area contributed by atoms with Crippen LogP contribution in [-0.4, -0.2) is 16.7 Å². The second-order valence-electron chi connectivity index (χ2n) is 5.98. The Labute approximate surface area is 152 Å². The van der Waals surface area contributed by atoms with Crippen LogP contribution in [0, 0.1) is 0 Å². The highest BCUT2D eigenvalue weighted by Gasteiger charge is 2.08. The van der Waals surface area contributed by atoms with Crippen LogP contribution in [0.25, 0.3) is 11.3 Å². The number of Topliss-reactive ketones (excluding diaryl/α,β-unsaturated/α-hetero) is 1. The van der Waals surface area contributed by atoms with E-state index in [1.165, 1.54) is 0 Å². The van der Waals surface area contributed by atoms with Crippen LogP contribution in [0.2, 0.25) is 0 Å². The zero-order chi connectivity index (χ0) is 18.2. The summed E-state index contributed by atoms with van der Waals surface area (Å²) in [6.45, 7) is 0.396. The van der Waals surface area contributed by atoms with E-state index in [-0.39, 0.29) is 11.7 Å². The minimum absolute atomic E-state index is 0.0637. The number of carbonyl (C=O) groups excluding carboxylic acids is 2. The number of hydrogen-bond acceptors (Lipinski definition) is 4. The van der Waals surface area contributed by atoms with Crippen molar-refractivity contribution in [1.29, 1.82) is 0 Å². The molecule has 0 saturated heterocycles. The van der Waals surface area contributed by atoms with Crippen molar-refractivity contribution in [3.05, 3.63) is 78.3 Å². The predicted molar refractivity (Wildman–Crippen MR) is 98.4 cm³/mol. The van der Waals surface area contributed by atoms with Crippen molar-refractivity contribution in [2.24, 2.45) is 0 Å². The second kappa shape index (κ2) is 8.76. The lowest BCUT2D eigenvalue weighted by Gasteiger charge is -2.06. The van der Waals surface area contributed by atoms with Gasteiger partial charge in [0.2, 0.25) is 5.91 Å². The summed E-state index contributed by atoms with van der Waals surface area (Å²) in [6.07, 6.45) is 6.27. The van der Waals surface area contributed by atoms with Gasteiger partial charge in [0.15, 0.2) is 5.78 Å². The highest BCUT2D eigenvalue weighted by atomic mass is 16.3. The summed E-state index contributed by atoms with van der Waals surface area (Å²) in [5.74, 6) is 0.730. The van der Waals surface area contributed by atoms with Crippen LogP contribution in [0.4, 0.5) is 0 Å². The molecule has 0 aliphatic carbocycles. The van der Waals surface area contributed by atoms with Crippen molar-refractivity contribution in [3.63, 3.8) is 0 Å². The molecule has 2 heterocycles. The third kappa shape index (κ3) is 4.89. The molecule has 0 fully saturated rings. The Kier molecular flexibility index (Phi) is 5.93. The maximum atomic E-state index is 12.0. The van der Waals surface area contributed by atoms with Gasteiger partial charge in [-0.15, -0.1) is 0 Å². The van der Waals surface area contributed by atoms with Gasteiger partial charge in [-0.25, -0.2) is 0 Å². The molecule has 0 atom stereocenters. The molecule has 132 valence electrons. The Morgan fingerprint density at radius 1 is 1.00 bits per heavy atom. The summed E-state index contributed by atoms with van der Waals surface area (Å²) in [5, 5.41) is 2.86. The fraction of sp³-hybridized carbons (Fsp3) is 0.190. The number of aromatic nitrogens is 1. The summed E-state index contributed by atoms with van der Waals surface area (Å²) < 4.78 is 5.35. The number of nitrogens with zero attached hydrogens (tertiary/aromatic N) is 1. The average molecular weight is 348 g/mol. The van der Waals surface area contributed by atoms with E-state index < -0.39 is 0 Å². The van der Waals surface area contributed by atoms with Crippen LogP contribution < -0.4 is 5.32 Å². The zero-order valence-electron chi connectivity index (χ0n) is 14.4. The highest BCUT2D eigenvalue weighted by molar-refractivity contribution is 5.96. The number of nitrogens with one attached hydrogen (secondary N) is 1. The van der Waals surface area contributed by atoms with Gasteiger partial charge >= 0.3 is 0 Å². The van der Waals surface area contributed by atoms with Gasteiger partial charge in [-0.1, -0.05) is 30.3 Å². The van der Waals surface area contributed by atoms with Gasteiger partial charge in [-0.3, -0.25) is 14.6 Å². The topological polar surface area (TPSA) is 72.2 Å². The Balaban J connectivity index is 1.43. The van der Waals surface area contributed by atoms with Crippen LogP contribution in [0.1, 0.15) is 35.2 Å². The Morgan fingerprint density at radius 3 is 2.62 bits per heavy atom. The van der Waals surface area contributed by atoms with Crippen molar-refractivity contribution in [1.82, 2.24) is 10.3 Å². The molecule has 3 aromatic rings. The largest absolute Gasteiger partial charge is 0.464 e. The normalized spacial score (nSPS) is 10.5. The van der Waals surface area contributed by atoms with Crippen molar-refractivity contribution in [3.8, 4) is 11.3 Å². The first-order chi connectivity index (χ1) is 12.7. The van der Waals surface area contributed by atoms with E-state index in [4.69, 9.17) is 4.42 Å². The van der Waals surface area contributed by atoms with Crippen molar-refractivity contribution < 1.29 is 14.0 Å². The summed E-state index contributed by atoms with van der Waals surface area (Å²) in [4.78, 5) is 28.2. The number of pyridine rings is 1. The van der Waals surface area contributed by atoms with E-state index in [0.717, 1.165) is 16.9 Å². The highest BCUT2D eigenvalue weighted by Crippen LogP contribution is 2.19. The van der Waals surface area contributed by atoms with Crippen molar-refractivity contribution >= 4 is 11.7 Å². The van der Waals surface area contributed by atoms with E-state index in [2.05, 4.69) is 10.3 Å². The molecule has 0 spiro atoms. The Hall–Kier alpha value is -3.21. The minimum atomic E-state index is -0.0748. The minimum Gasteiger partial charge on any atom is -0.464 e. The number of furan rings is 1. The maximum Gasteiger partial charge on any atom is 0.220 e. The molecule has 5 heteroatoms. The van der Waals surface area contributed by atoms with Gasteiger partial charge in [-0.2, -0.15) is 0 Å². The number of hydrogen-bond donors (Lipinski definition) is 1. The lowest BCUT2D eigenvalue weighted by molar-refractivity contribution is -0.121. The molecule has 26 heavy (non-hydrogen) atoms. The number of benzene rings is 1. The molecule has 1 amide bonds. The summed E-state index contributed by atoms with van der Waals surface area (Å²) in [7, 11) is 0. The second-order valence-corrected chi connectivity index (χ2v) is 5.98. The molecular formula is C21H20N2O3. The van der Waals surface area contributed by atoms with Crippen LogP contribution in [-0.2, 0) is 11.3 Å². The van der Waals surface area contributed by atoms with Gasteiger partial charge < -0.3 is 9.73 Å². The molecule has 1 N–H and O–H groups in total. The molecule has 3 rings (SSSR count). The first-order valence-electron chi connectivity index (χ1n) is 8.55.